The highest BCUT2D eigenvalue weighted by molar-refractivity contribution is 5.77. The van der Waals surface area contributed by atoms with E-state index in [0.29, 0.717) is 13.0 Å². The van der Waals surface area contributed by atoms with Gasteiger partial charge in [-0.25, -0.2) is 8.78 Å². The van der Waals surface area contributed by atoms with Crippen molar-refractivity contribution in [3.05, 3.63) is 0 Å². The van der Waals surface area contributed by atoms with Crippen LogP contribution in [0.15, 0.2) is 0 Å². The molecule has 5 unspecified atom stereocenters. The minimum absolute atomic E-state index is 0.0385. The lowest BCUT2D eigenvalue weighted by Gasteiger charge is -2.32. The van der Waals surface area contributed by atoms with Crippen molar-refractivity contribution in [2.45, 2.75) is 81.5 Å². The highest BCUT2D eigenvalue weighted by atomic mass is 19.3. The van der Waals surface area contributed by atoms with Crippen LogP contribution in [-0.4, -0.2) is 102 Å². The molecule has 0 aromatic carbocycles. The fraction of sp³-hybridized carbons (Fsp3) is 0.900. The smallest absolute Gasteiger partial charge is 0.267 e. The zero-order valence-electron chi connectivity index (χ0n) is 17.3. The Kier molecular flexibility index (Phi) is 6.30. The largest absolute Gasteiger partial charge is 0.388 e. The molecule has 4 aliphatic rings. The average molecular weight is 431 g/mol. The quantitative estimate of drug-likeness (QED) is 0.643. The van der Waals surface area contributed by atoms with Crippen molar-refractivity contribution in [3.63, 3.8) is 0 Å². The normalized spacial score (nSPS) is 36.3. The lowest BCUT2D eigenvalue weighted by Crippen LogP contribution is -2.47. The van der Waals surface area contributed by atoms with Crippen LogP contribution in [0.2, 0.25) is 0 Å². The van der Waals surface area contributed by atoms with Crippen molar-refractivity contribution < 1.29 is 33.0 Å². The summed E-state index contributed by atoms with van der Waals surface area (Å²) in [6.07, 6.45) is -0.422. The molecule has 0 aromatic heterocycles. The SMILES string of the molecule is CC(=O)N1CCC(NCC2OC3CC(CC(=O)N4CCC(F)(F)C4)OC3C2O)CC1. The van der Waals surface area contributed by atoms with Gasteiger partial charge in [-0.3, -0.25) is 9.59 Å². The van der Waals surface area contributed by atoms with Crippen LogP contribution in [0.25, 0.3) is 0 Å². The fourth-order valence-corrected chi connectivity index (χ4v) is 4.96. The Hall–Kier alpha value is -1.36. The summed E-state index contributed by atoms with van der Waals surface area (Å²) < 4.78 is 38.5. The van der Waals surface area contributed by atoms with Gasteiger partial charge in [-0.1, -0.05) is 0 Å². The fourth-order valence-electron chi connectivity index (χ4n) is 4.96. The first-order valence-electron chi connectivity index (χ1n) is 10.9. The van der Waals surface area contributed by atoms with Gasteiger partial charge in [-0.15, -0.1) is 0 Å². The zero-order chi connectivity index (χ0) is 21.5. The Morgan fingerprint density at radius 1 is 1.17 bits per heavy atom. The molecule has 8 nitrogen and oxygen atoms in total. The number of amides is 2. The highest BCUT2D eigenvalue weighted by Gasteiger charge is 2.51. The molecule has 0 aromatic rings. The highest BCUT2D eigenvalue weighted by Crippen LogP contribution is 2.36. The molecule has 0 spiro atoms. The van der Waals surface area contributed by atoms with Crippen molar-refractivity contribution in [2.75, 3.05) is 32.7 Å². The standard InChI is InChI=1S/C20H31F2N3O5/c1-12(26)24-5-2-13(3-6-24)23-10-16-18(28)19-15(30-16)8-14(29-19)9-17(27)25-7-4-20(21,22)11-25/h13-16,18-19,23,28H,2-11H2,1H3. The summed E-state index contributed by atoms with van der Waals surface area (Å²) >= 11 is 0. The number of nitrogens with one attached hydrogen (secondary N) is 1. The molecular formula is C20H31F2N3O5. The predicted molar refractivity (Wildman–Crippen MR) is 102 cm³/mol. The number of hydrogen-bond acceptors (Lipinski definition) is 6. The van der Waals surface area contributed by atoms with Gasteiger partial charge in [-0.05, 0) is 12.8 Å². The molecule has 4 heterocycles. The number of aliphatic hydroxyl groups excluding tert-OH is 1. The van der Waals surface area contributed by atoms with E-state index in [1.807, 2.05) is 4.90 Å². The van der Waals surface area contributed by atoms with Gasteiger partial charge >= 0.3 is 0 Å². The minimum Gasteiger partial charge on any atom is -0.388 e. The van der Waals surface area contributed by atoms with Crippen LogP contribution >= 0.6 is 0 Å². The predicted octanol–water partition coefficient (Wildman–Crippen LogP) is 0.130. The topological polar surface area (TPSA) is 91.3 Å². The van der Waals surface area contributed by atoms with E-state index in [0.717, 1.165) is 25.9 Å². The molecule has 0 saturated carbocycles. The molecule has 0 aliphatic carbocycles. The third kappa shape index (κ3) is 4.76. The Balaban J connectivity index is 1.19. The molecule has 0 radical (unpaired) electrons. The second-order valence-electron chi connectivity index (χ2n) is 8.98. The molecule has 10 heteroatoms. The lowest BCUT2D eigenvalue weighted by atomic mass is 10.0. The molecule has 4 rings (SSSR count). The van der Waals surface area contributed by atoms with E-state index >= 15 is 0 Å². The molecule has 30 heavy (non-hydrogen) atoms. The summed E-state index contributed by atoms with van der Waals surface area (Å²) in [6.45, 7) is 3.08. The van der Waals surface area contributed by atoms with Crippen LogP contribution in [0.5, 0.6) is 0 Å². The van der Waals surface area contributed by atoms with Gasteiger partial charge in [0.15, 0.2) is 0 Å². The van der Waals surface area contributed by atoms with Crippen LogP contribution in [0.1, 0.15) is 39.0 Å². The van der Waals surface area contributed by atoms with Crippen LogP contribution in [0.4, 0.5) is 8.78 Å². The molecule has 5 atom stereocenters. The summed E-state index contributed by atoms with van der Waals surface area (Å²) in [5.74, 6) is -3.04. The second kappa shape index (κ2) is 8.64. The maximum absolute atomic E-state index is 13.3. The number of piperidine rings is 1. The Morgan fingerprint density at radius 3 is 2.50 bits per heavy atom. The molecule has 170 valence electrons. The van der Waals surface area contributed by atoms with Crippen LogP contribution in [0, 0.1) is 0 Å². The lowest BCUT2D eigenvalue weighted by molar-refractivity contribution is -0.135. The van der Waals surface area contributed by atoms with Crippen molar-refractivity contribution in [2.24, 2.45) is 0 Å². The van der Waals surface area contributed by atoms with E-state index in [9.17, 15) is 23.5 Å². The third-order valence-electron chi connectivity index (χ3n) is 6.75. The number of fused-ring (bicyclic) bond motifs is 1. The number of halogens is 2. The van der Waals surface area contributed by atoms with Crippen molar-refractivity contribution >= 4 is 11.8 Å². The number of carbonyl (C=O) groups is 2. The summed E-state index contributed by atoms with van der Waals surface area (Å²) in [6, 6.07) is 0.279. The number of rotatable bonds is 5. The first-order valence-corrected chi connectivity index (χ1v) is 10.9. The maximum atomic E-state index is 13.3. The van der Waals surface area contributed by atoms with Gasteiger partial charge in [-0.2, -0.15) is 0 Å². The maximum Gasteiger partial charge on any atom is 0.267 e. The van der Waals surface area contributed by atoms with Crippen LogP contribution in [-0.2, 0) is 19.1 Å². The number of likely N-dealkylation sites (tertiary alicyclic amines) is 2. The summed E-state index contributed by atoms with van der Waals surface area (Å²) in [5.41, 5.74) is 0. The molecule has 2 N–H and O–H groups in total. The minimum atomic E-state index is -2.80. The molecule has 4 saturated heterocycles. The number of aliphatic hydroxyl groups is 1. The van der Waals surface area contributed by atoms with E-state index in [4.69, 9.17) is 9.47 Å². The van der Waals surface area contributed by atoms with Gasteiger partial charge in [0.1, 0.15) is 12.2 Å². The molecule has 4 aliphatic heterocycles. The van der Waals surface area contributed by atoms with Gasteiger partial charge in [0.05, 0.1) is 31.3 Å². The number of hydrogen-bond donors (Lipinski definition) is 2. The van der Waals surface area contributed by atoms with E-state index < -0.39 is 30.8 Å². The molecular weight excluding hydrogens is 400 g/mol. The van der Waals surface area contributed by atoms with Crippen LogP contribution < -0.4 is 5.32 Å². The van der Waals surface area contributed by atoms with Crippen molar-refractivity contribution in [3.8, 4) is 0 Å². The van der Waals surface area contributed by atoms with E-state index in [-0.39, 0.29) is 49.5 Å². The van der Waals surface area contributed by atoms with E-state index in [1.165, 1.54) is 4.90 Å². The van der Waals surface area contributed by atoms with Crippen LogP contribution in [0.3, 0.4) is 0 Å². The Labute approximate surface area is 174 Å². The van der Waals surface area contributed by atoms with Gasteiger partial charge < -0.3 is 29.7 Å². The first kappa shape index (κ1) is 21.9. The number of ether oxygens (including phenoxy) is 2. The summed E-state index contributed by atoms with van der Waals surface area (Å²) in [4.78, 5) is 26.7. The first-order chi connectivity index (χ1) is 14.2. The Morgan fingerprint density at radius 2 is 1.90 bits per heavy atom. The number of carbonyl (C=O) groups excluding carboxylic acids is 2. The van der Waals surface area contributed by atoms with Crippen molar-refractivity contribution in [1.82, 2.24) is 15.1 Å². The molecule has 2 amide bonds. The molecule has 4 fully saturated rings. The van der Waals surface area contributed by atoms with Gasteiger partial charge in [0.2, 0.25) is 11.8 Å². The monoisotopic (exact) mass is 431 g/mol. The van der Waals surface area contributed by atoms with E-state index in [1.54, 1.807) is 6.92 Å². The summed E-state index contributed by atoms with van der Waals surface area (Å²) in [5, 5.41) is 14.0. The Bertz CT molecular complexity index is 658. The third-order valence-corrected chi connectivity index (χ3v) is 6.75. The number of alkyl halides is 2. The van der Waals surface area contributed by atoms with Crippen molar-refractivity contribution in [1.29, 1.82) is 0 Å². The molecule has 0 bridgehead atoms. The summed E-state index contributed by atoms with van der Waals surface area (Å²) in [7, 11) is 0. The number of nitrogens with zero attached hydrogens (tertiary/aromatic N) is 2. The average Bonchev–Trinajstić information content (AvgIpc) is 3.34. The zero-order valence-corrected chi connectivity index (χ0v) is 17.3. The van der Waals surface area contributed by atoms with Gasteiger partial charge in [0, 0.05) is 52.0 Å². The van der Waals surface area contributed by atoms with Gasteiger partial charge in [0.25, 0.3) is 5.92 Å². The van der Waals surface area contributed by atoms with E-state index in [2.05, 4.69) is 5.32 Å². The second-order valence-corrected chi connectivity index (χ2v) is 8.98.